The molecule has 0 amide bonds. The maximum atomic E-state index is 12.2. The van der Waals surface area contributed by atoms with E-state index in [0.717, 1.165) is 37.6 Å². The fourth-order valence-corrected chi connectivity index (χ4v) is 7.89. The minimum absolute atomic E-state index is 0.226. The summed E-state index contributed by atoms with van der Waals surface area (Å²) in [4.78, 5) is 9.53. The molecular formula is C29H41N3O. The van der Waals surface area contributed by atoms with E-state index in [9.17, 15) is 5.11 Å². The van der Waals surface area contributed by atoms with Gasteiger partial charge in [-0.3, -0.25) is 4.90 Å². The van der Waals surface area contributed by atoms with E-state index in [0.29, 0.717) is 12.0 Å². The Hall–Kier alpha value is -1.91. The number of anilines is 1. The third-order valence-corrected chi connectivity index (χ3v) is 9.29. The summed E-state index contributed by atoms with van der Waals surface area (Å²) in [5.41, 5.74) is 1.25. The van der Waals surface area contributed by atoms with Crippen LogP contribution in [0.3, 0.4) is 0 Å². The largest absolute Gasteiger partial charge is 0.384 e. The lowest BCUT2D eigenvalue weighted by Crippen LogP contribution is -2.79. The number of pyridine rings is 1. The molecule has 1 N–H and O–H groups in total. The van der Waals surface area contributed by atoms with Gasteiger partial charge in [0.15, 0.2) is 0 Å². The molecule has 178 valence electrons. The van der Waals surface area contributed by atoms with Gasteiger partial charge in [-0.05, 0) is 42.0 Å². The number of hydrogen-bond acceptors (Lipinski definition) is 4. The molecule has 2 aromatic rings. The van der Waals surface area contributed by atoms with Gasteiger partial charge in [0.25, 0.3) is 0 Å². The van der Waals surface area contributed by atoms with Crippen molar-refractivity contribution in [3.63, 3.8) is 0 Å². The molecule has 1 aromatic heterocycles. The van der Waals surface area contributed by atoms with Crippen LogP contribution in [-0.2, 0) is 5.60 Å². The van der Waals surface area contributed by atoms with E-state index in [1.165, 1.54) is 37.7 Å². The number of piperazine rings is 1. The maximum absolute atomic E-state index is 12.2. The summed E-state index contributed by atoms with van der Waals surface area (Å²) in [7, 11) is 0. The Morgan fingerprint density at radius 1 is 0.818 bits per heavy atom. The van der Waals surface area contributed by atoms with Crippen LogP contribution in [0.1, 0.15) is 76.8 Å². The van der Waals surface area contributed by atoms with Gasteiger partial charge in [0, 0.05) is 49.2 Å². The smallest absolute Gasteiger partial charge is 0.128 e. The highest BCUT2D eigenvalue weighted by Gasteiger charge is 2.73. The third kappa shape index (κ3) is 3.52. The van der Waals surface area contributed by atoms with Gasteiger partial charge in [0.05, 0.1) is 0 Å². The van der Waals surface area contributed by atoms with Crippen LogP contribution < -0.4 is 4.90 Å². The number of nitrogens with zero attached hydrogens (tertiary/aromatic N) is 3. The van der Waals surface area contributed by atoms with Gasteiger partial charge in [-0.25, -0.2) is 4.98 Å². The van der Waals surface area contributed by atoms with Gasteiger partial charge < -0.3 is 10.0 Å². The molecule has 0 unspecified atom stereocenters. The standard InChI is InChI=1S/C29H41N3O/c1-27(2)26(32-20-18-31(19-21-32)25-12-8-9-17-30-25)28(3,4)29(27,33)24-15-13-23(14-16-24)22-10-6-5-7-11-22/h8-9,12-17,22,26,33H,5-7,10-11,18-21H2,1-4H3. The normalized spacial score (nSPS) is 30.1. The minimum Gasteiger partial charge on any atom is -0.384 e. The lowest BCUT2D eigenvalue weighted by atomic mass is 9.39. The monoisotopic (exact) mass is 447 g/mol. The molecular weight excluding hydrogens is 406 g/mol. The zero-order valence-electron chi connectivity index (χ0n) is 20.9. The highest BCUT2D eigenvalue weighted by molar-refractivity contribution is 5.41. The van der Waals surface area contributed by atoms with Crippen LogP contribution >= 0.6 is 0 Å². The Bertz CT molecular complexity index is 923. The van der Waals surface area contributed by atoms with Crippen LogP contribution in [0.5, 0.6) is 0 Å². The van der Waals surface area contributed by atoms with E-state index in [4.69, 9.17) is 0 Å². The molecule has 4 nitrogen and oxygen atoms in total. The third-order valence-electron chi connectivity index (χ3n) is 9.29. The van der Waals surface area contributed by atoms with Crippen LogP contribution in [0.4, 0.5) is 5.82 Å². The quantitative estimate of drug-likeness (QED) is 0.665. The first kappa shape index (κ1) is 22.9. The van der Waals surface area contributed by atoms with Crippen molar-refractivity contribution < 1.29 is 5.11 Å². The fourth-order valence-electron chi connectivity index (χ4n) is 7.89. The van der Waals surface area contributed by atoms with E-state index in [2.05, 4.69) is 78.9 Å². The molecule has 0 bridgehead atoms. The highest BCUT2D eigenvalue weighted by Crippen LogP contribution is 2.68. The first-order chi connectivity index (χ1) is 15.8. The molecule has 1 aliphatic heterocycles. The maximum Gasteiger partial charge on any atom is 0.128 e. The predicted octanol–water partition coefficient (Wildman–Crippen LogP) is 5.57. The summed E-state index contributed by atoms with van der Waals surface area (Å²) in [6.45, 7) is 13.0. The number of rotatable bonds is 4. The summed E-state index contributed by atoms with van der Waals surface area (Å²) in [6, 6.07) is 15.5. The van der Waals surface area contributed by atoms with Crippen molar-refractivity contribution in [2.24, 2.45) is 10.8 Å². The number of aromatic nitrogens is 1. The SMILES string of the molecule is CC1(C)C(N2CCN(c3ccccn3)CC2)C(C)(C)C1(O)c1ccc(C2CCCCC2)cc1. The fraction of sp³-hybridized carbons (Fsp3) is 0.621. The molecule has 0 atom stereocenters. The second-order valence-electron chi connectivity index (χ2n) is 11.7. The van der Waals surface area contributed by atoms with Gasteiger partial charge >= 0.3 is 0 Å². The zero-order chi connectivity index (χ0) is 23.3. The van der Waals surface area contributed by atoms with Gasteiger partial charge in [-0.2, -0.15) is 0 Å². The zero-order valence-corrected chi connectivity index (χ0v) is 20.9. The topological polar surface area (TPSA) is 39.6 Å². The molecule has 1 saturated heterocycles. The van der Waals surface area contributed by atoms with Crippen molar-refractivity contribution in [2.75, 3.05) is 31.1 Å². The average molecular weight is 448 g/mol. The second-order valence-corrected chi connectivity index (χ2v) is 11.7. The lowest BCUT2D eigenvalue weighted by molar-refractivity contribution is -0.307. The first-order valence-corrected chi connectivity index (χ1v) is 13.0. The molecule has 2 aliphatic carbocycles. The van der Waals surface area contributed by atoms with Crippen LogP contribution in [0.2, 0.25) is 0 Å². The Morgan fingerprint density at radius 2 is 1.45 bits per heavy atom. The lowest BCUT2D eigenvalue weighted by Gasteiger charge is -2.72. The Labute approximate surface area is 200 Å². The van der Waals surface area contributed by atoms with Crippen molar-refractivity contribution in [2.45, 2.75) is 77.4 Å². The van der Waals surface area contributed by atoms with Crippen LogP contribution in [0.25, 0.3) is 0 Å². The molecule has 5 rings (SSSR count). The summed E-state index contributed by atoms with van der Waals surface area (Å²) < 4.78 is 0. The van der Waals surface area contributed by atoms with E-state index in [1.54, 1.807) is 0 Å². The highest BCUT2D eigenvalue weighted by atomic mass is 16.3. The molecule has 33 heavy (non-hydrogen) atoms. The Balaban J connectivity index is 1.32. The van der Waals surface area contributed by atoms with Crippen LogP contribution in [0.15, 0.2) is 48.7 Å². The molecule has 3 aliphatic rings. The summed E-state index contributed by atoms with van der Waals surface area (Å²) >= 11 is 0. The van der Waals surface area contributed by atoms with Crippen molar-refractivity contribution in [3.05, 3.63) is 59.8 Å². The molecule has 2 heterocycles. The number of benzene rings is 1. The first-order valence-electron chi connectivity index (χ1n) is 13.0. The molecule has 2 saturated carbocycles. The van der Waals surface area contributed by atoms with E-state index in [1.807, 2.05) is 12.3 Å². The molecule has 1 aromatic carbocycles. The van der Waals surface area contributed by atoms with Gasteiger partial charge in [-0.15, -0.1) is 0 Å². The second kappa shape index (κ2) is 8.39. The summed E-state index contributed by atoms with van der Waals surface area (Å²) in [5, 5.41) is 12.2. The number of hydrogen-bond donors (Lipinski definition) is 1. The molecule has 0 spiro atoms. The Kier molecular flexibility index (Phi) is 5.81. The minimum atomic E-state index is -0.839. The average Bonchev–Trinajstić information content (AvgIpc) is 2.84. The molecule has 4 heteroatoms. The Morgan fingerprint density at radius 3 is 2.03 bits per heavy atom. The van der Waals surface area contributed by atoms with Crippen molar-refractivity contribution in [1.82, 2.24) is 9.88 Å². The van der Waals surface area contributed by atoms with E-state index < -0.39 is 5.60 Å². The van der Waals surface area contributed by atoms with Crippen LogP contribution in [-0.4, -0.2) is 47.2 Å². The molecule has 0 radical (unpaired) electrons. The van der Waals surface area contributed by atoms with Gasteiger partial charge in [-0.1, -0.05) is 77.3 Å². The predicted molar refractivity (Wildman–Crippen MR) is 136 cm³/mol. The van der Waals surface area contributed by atoms with Gasteiger partial charge in [0.1, 0.15) is 11.4 Å². The van der Waals surface area contributed by atoms with Crippen molar-refractivity contribution >= 4 is 5.82 Å². The van der Waals surface area contributed by atoms with Gasteiger partial charge in [0.2, 0.25) is 0 Å². The van der Waals surface area contributed by atoms with Crippen LogP contribution in [0, 0.1) is 10.8 Å². The van der Waals surface area contributed by atoms with Crippen molar-refractivity contribution in [1.29, 1.82) is 0 Å². The number of aliphatic hydroxyl groups is 1. The summed E-state index contributed by atoms with van der Waals surface area (Å²) in [5.74, 6) is 1.77. The van der Waals surface area contributed by atoms with Crippen molar-refractivity contribution in [3.8, 4) is 0 Å². The van der Waals surface area contributed by atoms with E-state index >= 15 is 0 Å². The summed E-state index contributed by atoms with van der Waals surface area (Å²) in [6.07, 6.45) is 8.59. The van der Waals surface area contributed by atoms with E-state index in [-0.39, 0.29) is 10.8 Å². The molecule has 3 fully saturated rings.